The van der Waals surface area contributed by atoms with E-state index >= 15 is 0 Å². The van der Waals surface area contributed by atoms with Gasteiger partial charge in [-0.05, 0) is 57.0 Å². The molecule has 1 saturated heterocycles. The van der Waals surface area contributed by atoms with Crippen molar-refractivity contribution >= 4 is 5.95 Å². The maximum absolute atomic E-state index is 4.83. The highest BCUT2D eigenvalue weighted by atomic mass is 15.4. The number of nitrogens with zero attached hydrogens (tertiary/aromatic N) is 3. The molecular weight excluding hydrogens is 262 g/mol. The number of H-pyrrole nitrogens is 1. The predicted octanol–water partition coefficient (Wildman–Crippen LogP) is 2.14. The summed E-state index contributed by atoms with van der Waals surface area (Å²) in [5.74, 6) is 5.42. The van der Waals surface area contributed by atoms with Crippen LogP contribution in [0.1, 0.15) is 50.3 Å². The second-order valence-corrected chi connectivity index (χ2v) is 7.15. The number of aromatic nitrogens is 3. The van der Waals surface area contributed by atoms with E-state index in [-0.39, 0.29) is 0 Å². The van der Waals surface area contributed by atoms with Crippen LogP contribution >= 0.6 is 0 Å². The van der Waals surface area contributed by atoms with Crippen LogP contribution in [0.3, 0.4) is 0 Å². The van der Waals surface area contributed by atoms with E-state index in [1.165, 1.54) is 44.3 Å². The largest absolute Gasteiger partial charge is 0.340 e. The third-order valence-corrected chi connectivity index (χ3v) is 5.85. The van der Waals surface area contributed by atoms with E-state index in [9.17, 15) is 0 Å². The molecule has 116 valence electrons. The molecule has 0 radical (unpaired) electrons. The maximum Gasteiger partial charge on any atom is 0.244 e. The fourth-order valence-corrected chi connectivity index (χ4v) is 4.58. The topological polar surface area (TPSA) is 56.8 Å². The van der Waals surface area contributed by atoms with E-state index in [1.54, 1.807) is 0 Å². The molecule has 2 heterocycles. The Balaban J connectivity index is 1.37. The molecule has 5 heteroatoms. The Hall–Kier alpha value is -1.10. The van der Waals surface area contributed by atoms with E-state index in [2.05, 4.69) is 20.4 Å². The molecule has 2 atom stereocenters. The highest BCUT2D eigenvalue weighted by molar-refractivity contribution is 5.31. The molecule has 21 heavy (non-hydrogen) atoms. The third-order valence-electron chi connectivity index (χ3n) is 5.85. The molecule has 1 aromatic heterocycles. The first-order chi connectivity index (χ1) is 10.4. The lowest BCUT2D eigenvalue weighted by Gasteiger charge is -2.30. The summed E-state index contributed by atoms with van der Waals surface area (Å²) in [5.41, 5.74) is 0. The van der Waals surface area contributed by atoms with Gasteiger partial charge < -0.3 is 10.2 Å². The lowest BCUT2D eigenvalue weighted by molar-refractivity contribution is 0.391. The van der Waals surface area contributed by atoms with Crippen LogP contribution in [0.25, 0.3) is 0 Å². The number of anilines is 1. The van der Waals surface area contributed by atoms with Crippen molar-refractivity contribution in [3.63, 3.8) is 0 Å². The Labute approximate surface area is 126 Å². The Morgan fingerprint density at radius 3 is 2.52 bits per heavy atom. The van der Waals surface area contributed by atoms with Gasteiger partial charge in [-0.2, -0.15) is 4.98 Å². The quantitative estimate of drug-likeness (QED) is 0.891. The van der Waals surface area contributed by atoms with Gasteiger partial charge in [-0.3, -0.25) is 5.10 Å². The fraction of sp³-hybridized carbons (Fsp3) is 0.875. The molecule has 2 N–H and O–H groups in total. The van der Waals surface area contributed by atoms with Crippen molar-refractivity contribution in [2.24, 2.45) is 17.8 Å². The second-order valence-electron chi connectivity index (χ2n) is 7.15. The Morgan fingerprint density at radius 2 is 1.86 bits per heavy atom. The molecule has 0 amide bonds. The van der Waals surface area contributed by atoms with E-state index in [4.69, 9.17) is 4.98 Å². The van der Waals surface area contributed by atoms with E-state index in [0.717, 1.165) is 43.3 Å². The molecule has 4 rings (SSSR count). The molecule has 1 aromatic rings. The Kier molecular flexibility index (Phi) is 3.61. The molecule has 2 aliphatic carbocycles. The average molecular weight is 289 g/mol. The summed E-state index contributed by atoms with van der Waals surface area (Å²) < 4.78 is 0. The predicted molar refractivity (Wildman–Crippen MR) is 83.4 cm³/mol. The summed E-state index contributed by atoms with van der Waals surface area (Å²) in [4.78, 5) is 7.19. The van der Waals surface area contributed by atoms with Gasteiger partial charge in [-0.25, -0.2) is 0 Å². The van der Waals surface area contributed by atoms with Gasteiger partial charge in [0.15, 0.2) is 0 Å². The number of hydrogen-bond donors (Lipinski definition) is 2. The lowest BCUT2D eigenvalue weighted by atomic mass is 9.97. The van der Waals surface area contributed by atoms with Gasteiger partial charge in [-0.15, -0.1) is 5.10 Å². The van der Waals surface area contributed by atoms with Crippen LogP contribution in [-0.2, 0) is 0 Å². The van der Waals surface area contributed by atoms with E-state index < -0.39 is 0 Å². The maximum atomic E-state index is 4.83. The minimum absolute atomic E-state index is 0.690. The summed E-state index contributed by atoms with van der Waals surface area (Å²) in [6, 6.07) is 0. The molecule has 2 saturated carbocycles. The normalized spacial score (nSPS) is 33.0. The zero-order chi connectivity index (χ0) is 14.2. The van der Waals surface area contributed by atoms with Gasteiger partial charge in [0, 0.05) is 19.0 Å². The SMILES string of the molecule is CNCC1CCN(c2n[nH]c(C3C4CCCCC43)n2)CC1. The van der Waals surface area contributed by atoms with Crippen molar-refractivity contribution < 1.29 is 0 Å². The van der Waals surface area contributed by atoms with Crippen molar-refractivity contribution in [3.05, 3.63) is 5.82 Å². The first-order valence-electron chi connectivity index (χ1n) is 8.68. The summed E-state index contributed by atoms with van der Waals surface area (Å²) in [6.07, 6.45) is 8.13. The molecule has 0 aromatic carbocycles. The van der Waals surface area contributed by atoms with Crippen LogP contribution in [0.4, 0.5) is 5.95 Å². The fourth-order valence-electron chi connectivity index (χ4n) is 4.58. The summed E-state index contributed by atoms with van der Waals surface area (Å²) in [7, 11) is 2.04. The van der Waals surface area contributed by atoms with Gasteiger partial charge in [-0.1, -0.05) is 12.8 Å². The molecule has 1 aliphatic heterocycles. The number of aromatic amines is 1. The number of nitrogens with one attached hydrogen (secondary N) is 2. The number of piperidine rings is 1. The molecule has 0 spiro atoms. The number of fused-ring (bicyclic) bond motifs is 1. The number of hydrogen-bond acceptors (Lipinski definition) is 4. The van der Waals surface area contributed by atoms with Crippen molar-refractivity contribution in [2.75, 3.05) is 31.6 Å². The first-order valence-corrected chi connectivity index (χ1v) is 8.68. The van der Waals surface area contributed by atoms with Crippen LogP contribution in [0.15, 0.2) is 0 Å². The van der Waals surface area contributed by atoms with Gasteiger partial charge in [0.05, 0.1) is 0 Å². The van der Waals surface area contributed by atoms with E-state index in [1.807, 2.05) is 7.05 Å². The van der Waals surface area contributed by atoms with Gasteiger partial charge >= 0.3 is 0 Å². The van der Waals surface area contributed by atoms with Crippen LogP contribution in [0.2, 0.25) is 0 Å². The lowest BCUT2D eigenvalue weighted by Crippen LogP contribution is -2.37. The summed E-state index contributed by atoms with van der Waals surface area (Å²) >= 11 is 0. The Morgan fingerprint density at radius 1 is 1.14 bits per heavy atom. The van der Waals surface area contributed by atoms with Crippen LogP contribution < -0.4 is 10.2 Å². The minimum atomic E-state index is 0.690. The van der Waals surface area contributed by atoms with Gasteiger partial charge in [0.2, 0.25) is 5.95 Å². The average Bonchev–Trinajstić information content (AvgIpc) is 3.06. The molecule has 3 fully saturated rings. The standard InChI is InChI=1S/C16H27N5/c1-17-10-11-6-8-21(9-7-11)16-18-15(19-20-16)14-12-4-2-3-5-13(12)14/h11-14,17H,2-10H2,1H3,(H,18,19,20). The van der Waals surface area contributed by atoms with Crippen molar-refractivity contribution in [1.29, 1.82) is 0 Å². The monoisotopic (exact) mass is 289 g/mol. The minimum Gasteiger partial charge on any atom is -0.340 e. The summed E-state index contributed by atoms with van der Waals surface area (Å²) in [5, 5.41) is 11.0. The second kappa shape index (κ2) is 5.59. The van der Waals surface area contributed by atoms with Gasteiger partial charge in [0.1, 0.15) is 5.82 Å². The molecule has 0 bridgehead atoms. The molecule has 2 unspecified atom stereocenters. The molecular formula is C16H27N5. The van der Waals surface area contributed by atoms with Crippen molar-refractivity contribution in [3.8, 4) is 0 Å². The summed E-state index contributed by atoms with van der Waals surface area (Å²) in [6.45, 7) is 3.33. The zero-order valence-electron chi connectivity index (χ0n) is 13.0. The van der Waals surface area contributed by atoms with E-state index in [0.29, 0.717) is 5.92 Å². The van der Waals surface area contributed by atoms with Crippen LogP contribution in [0, 0.1) is 17.8 Å². The first kappa shape index (κ1) is 13.6. The highest BCUT2D eigenvalue weighted by Gasteiger charge is 2.53. The smallest absolute Gasteiger partial charge is 0.244 e. The van der Waals surface area contributed by atoms with Crippen molar-refractivity contribution in [1.82, 2.24) is 20.5 Å². The van der Waals surface area contributed by atoms with Crippen molar-refractivity contribution in [2.45, 2.75) is 44.4 Å². The van der Waals surface area contributed by atoms with Crippen LogP contribution in [-0.4, -0.2) is 41.9 Å². The third kappa shape index (κ3) is 2.56. The Bertz CT molecular complexity index is 465. The molecule has 5 nitrogen and oxygen atoms in total. The van der Waals surface area contributed by atoms with Crippen LogP contribution in [0.5, 0.6) is 0 Å². The zero-order valence-corrected chi connectivity index (χ0v) is 13.0. The molecule has 3 aliphatic rings. The van der Waals surface area contributed by atoms with Gasteiger partial charge in [0.25, 0.3) is 0 Å². The number of rotatable bonds is 4. The highest BCUT2D eigenvalue weighted by Crippen LogP contribution is 2.60.